The predicted molar refractivity (Wildman–Crippen MR) is 159 cm³/mol. The number of carbonyl (C=O) groups excluding carboxylic acids is 3. The summed E-state index contributed by atoms with van der Waals surface area (Å²) < 4.78 is 0. The number of aromatic hydroxyl groups is 1. The first kappa shape index (κ1) is 28.6. The van der Waals surface area contributed by atoms with Crippen LogP contribution in [0.25, 0.3) is 16.9 Å². The highest BCUT2D eigenvalue weighted by molar-refractivity contribution is 6.24. The number of phenols is 1. The highest BCUT2D eigenvalue weighted by Crippen LogP contribution is 2.53. The lowest BCUT2D eigenvalue weighted by Gasteiger charge is -2.50. The summed E-state index contributed by atoms with van der Waals surface area (Å²) in [5.74, 6) is -5.69. The zero-order chi connectivity index (χ0) is 31.0. The highest BCUT2D eigenvalue weighted by Gasteiger charge is 2.64. The van der Waals surface area contributed by atoms with Crippen molar-refractivity contribution in [1.29, 1.82) is 0 Å². The van der Waals surface area contributed by atoms with Gasteiger partial charge in [-0.3, -0.25) is 19.3 Å². The largest absolute Gasteiger partial charge is 0.508 e. The molecule has 2 fully saturated rings. The summed E-state index contributed by atoms with van der Waals surface area (Å²) in [4.78, 5) is 47.8. The van der Waals surface area contributed by atoms with Gasteiger partial charge < -0.3 is 31.1 Å². The number of carbonyl (C=O) groups is 3. The Morgan fingerprint density at radius 3 is 2.40 bits per heavy atom. The molecule has 224 valence electrons. The lowest BCUT2D eigenvalue weighted by molar-refractivity contribution is -0.153. The maximum atomic E-state index is 14.0. The van der Waals surface area contributed by atoms with Crippen molar-refractivity contribution < 1.29 is 34.8 Å². The Hall–Kier alpha value is -4.48. The van der Waals surface area contributed by atoms with E-state index in [-0.39, 0.29) is 29.7 Å². The number of Topliss-reactive ketones (excluding diaryl/α,β-unsaturated/α-hetero) is 2. The zero-order valence-electron chi connectivity index (χ0n) is 24.2. The molecule has 11 nitrogen and oxygen atoms in total. The molecule has 0 aromatic heterocycles. The van der Waals surface area contributed by atoms with Crippen LogP contribution < -0.4 is 5.73 Å². The molecule has 6 N–H and O–H groups in total. The Bertz CT molecular complexity index is 1670. The maximum Gasteiger partial charge on any atom is 0.255 e. The van der Waals surface area contributed by atoms with Gasteiger partial charge in [0.2, 0.25) is 5.78 Å². The van der Waals surface area contributed by atoms with Crippen LogP contribution >= 0.6 is 0 Å². The van der Waals surface area contributed by atoms with Gasteiger partial charge in [-0.05, 0) is 74.2 Å². The molecule has 3 aliphatic carbocycles. The first-order valence-electron chi connectivity index (χ1n) is 14.2. The van der Waals surface area contributed by atoms with Crippen LogP contribution in [0.15, 0.2) is 58.3 Å². The van der Waals surface area contributed by atoms with Crippen molar-refractivity contribution in [3.05, 3.63) is 64.4 Å². The number of aliphatic hydroxyl groups is 3. The van der Waals surface area contributed by atoms with Crippen LogP contribution in [0.4, 0.5) is 5.69 Å². The van der Waals surface area contributed by atoms with Crippen molar-refractivity contribution in [2.75, 3.05) is 27.7 Å². The first-order chi connectivity index (χ1) is 20.4. The summed E-state index contributed by atoms with van der Waals surface area (Å²) >= 11 is 0. The average Bonchev–Trinajstić information content (AvgIpc) is 3.35. The summed E-state index contributed by atoms with van der Waals surface area (Å²) in [6, 6.07) is 9.69. The fraction of sp³-hybridized carbons (Fsp3) is 0.375. The third-order valence-electron chi connectivity index (χ3n) is 9.38. The lowest BCUT2D eigenvalue weighted by atomic mass is 9.57. The van der Waals surface area contributed by atoms with E-state index in [1.165, 1.54) is 11.0 Å². The molecule has 0 radical (unpaired) electrons. The molecule has 1 saturated carbocycles. The minimum Gasteiger partial charge on any atom is -0.508 e. The molecule has 2 aromatic rings. The van der Waals surface area contributed by atoms with Crippen LogP contribution in [-0.4, -0.2) is 92.9 Å². The Balaban J connectivity index is 1.46. The fourth-order valence-corrected chi connectivity index (χ4v) is 7.31. The van der Waals surface area contributed by atoms with Crippen LogP contribution in [0.5, 0.6) is 5.75 Å². The van der Waals surface area contributed by atoms with Crippen molar-refractivity contribution in [2.24, 2.45) is 22.6 Å². The lowest BCUT2D eigenvalue weighted by Crippen LogP contribution is -2.65. The van der Waals surface area contributed by atoms with Crippen LogP contribution in [0, 0.1) is 11.8 Å². The SMILES string of the molecule is CN1CCCC1=Nc1ccc(-c2ccc(O)c3c2C[C@H]2C[C@@H]4[C@@H](N(C)C)C(=O)C(C(N)=O)=C(O)[C@]4(O)C(=O)C2=C3O)cc1. The number of benzene rings is 2. The minimum absolute atomic E-state index is 0.0325. The van der Waals surface area contributed by atoms with E-state index in [4.69, 9.17) is 10.7 Å². The van der Waals surface area contributed by atoms with E-state index in [2.05, 4.69) is 4.90 Å². The van der Waals surface area contributed by atoms with Crippen molar-refractivity contribution in [2.45, 2.75) is 37.3 Å². The zero-order valence-corrected chi connectivity index (χ0v) is 24.2. The number of nitrogens with zero attached hydrogens (tertiary/aromatic N) is 3. The van der Waals surface area contributed by atoms with E-state index >= 15 is 0 Å². The Morgan fingerprint density at radius 1 is 1.09 bits per heavy atom. The number of likely N-dealkylation sites (tertiary alicyclic amines) is 1. The van der Waals surface area contributed by atoms with Crippen molar-refractivity contribution in [1.82, 2.24) is 9.80 Å². The van der Waals surface area contributed by atoms with E-state index in [0.717, 1.165) is 42.0 Å². The normalized spacial score (nSPS) is 28.0. The molecule has 1 amide bonds. The second-order valence-electron chi connectivity index (χ2n) is 12.0. The van der Waals surface area contributed by atoms with Gasteiger partial charge in [-0.25, -0.2) is 4.99 Å². The molecule has 0 spiro atoms. The number of amides is 1. The van der Waals surface area contributed by atoms with Crippen molar-refractivity contribution in [3.63, 3.8) is 0 Å². The molecule has 43 heavy (non-hydrogen) atoms. The van der Waals surface area contributed by atoms with E-state index < -0.39 is 58.0 Å². The van der Waals surface area contributed by atoms with Gasteiger partial charge in [0, 0.05) is 31.5 Å². The Kier molecular flexibility index (Phi) is 6.70. The Labute approximate surface area is 248 Å². The first-order valence-corrected chi connectivity index (χ1v) is 14.2. The smallest absolute Gasteiger partial charge is 0.255 e. The van der Waals surface area contributed by atoms with E-state index in [1.807, 2.05) is 31.3 Å². The third kappa shape index (κ3) is 4.17. The summed E-state index contributed by atoms with van der Waals surface area (Å²) in [7, 11) is 5.16. The van der Waals surface area contributed by atoms with Gasteiger partial charge >= 0.3 is 0 Å². The van der Waals surface area contributed by atoms with Gasteiger partial charge in [-0.1, -0.05) is 18.2 Å². The average molecular weight is 587 g/mol. The molecule has 11 heteroatoms. The van der Waals surface area contributed by atoms with E-state index in [0.29, 0.717) is 5.56 Å². The summed E-state index contributed by atoms with van der Waals surface area (Å²) in [6.45, 7) is 0.975. The van der Waals surface area contributed by atoms with Crippen LogP contribution in [0.2, 0.25) is 0 Å². The molecule has 6 rings (SSSR count). The molecule has 0 bridgehead atoms. The number of nitrogens with two attached hydrogens (primary N) is 1. The van der Waals surface area contributed by atoms with Crippen molar-refractivity contribution in [3.8, 4) is 16.9 Å². The Morgan fingerprint density at radius 2 is 1.79 bits per heavy atom. The number of likely N-dealkylation sites (N-methyl/N-ethyl adjacent to an activating group) is 1. The van der Waals surface area contributed by atoms with Gasteiger partial charge in [0.15, 0.2) is 11.4 Å². The van der Waals surface area contributed by atoms with Gasteiger partial charge in [-0.15, -0.1) is 0 Å². The van der Waals surface area contributed by atoms with Gasteiger partial charge in [0.25, 0.3) is 5.91 Å². The number of rotatable bonds is 4. The molecule has 1 heterocycles. The summed E-state index contributed by atoms with van der Waals surface area (Å²) in [5, 5.41) is 45.1. The minimum atomic E-state index is -2.66. The van der Waals surface area contributed by atoms with Crippen LogP contribution in [-0.2, 0) is 20.8 Å². The number of primary amides is 1. The standard InChI is InChI=1S/C32H34N4O7/c1-35(2)26-20-14-16-13-19-18(15-6-8-17(9-7-15)34-22-5-4-12-36(22)3)10-11-21(37)24(19)27(38)23(16)29(40)32(20,43)30(41)25(28(26)39)31(33)42/h6-11,16,20,26,37-38,41,43H,4-5,12-14H2,1-3H3,(H2,33,42)/t16-,20+,26+,32+/m0/s1. The number of fused-ring (bicyclic) bond motifs is 3. The summed E-state index contributed by atoms with van der Waals surface area (Å²) in [5.41, 5.74) is 4.75. The van der Waals surface area contributed by atoms with Gasteiger partial charge in [0.1, 0.15) is 28.7 Å². The second kappa shape index (κ2) is 10.1. The van der Waals surface area contributed by atoms with Crippen molar-refractivity contribution >= 4 is 34.8 Å². The topological polar surface area (TPSA) is 177 Å². The van der Waals surface area contributed by atoms with E-state index in [1.54, 1.807) is 20.2 Å². The predicted octanol–water partition coefficient (Wildman–Crippen LogP) is 2.39. The molecule has 0 unspecified atom stereocenters. The summed E-state index contributed by atoms with van der Waals surface area (Å²) in [6.07, 6.45) is 2.24. The molecular formula is C32H34N4O7. The monoisotopic (exact) mass is 586 g/mol. The number of phenolic OH excluding ortho intramolecular Hbond substituents is 1. The molecule has 4 atom stereocenters. The van der Waals surface area contributed by atoms with Gasteiger partial charge in [-0.2, -0.15) is 0 Å². The third-order valence-corrected chi connectivity index (χ3v) is 9.38. The number of hydrogen-bond acceptors (Lipinski definition) is 9. The van der Waals surface area contributed by atoms with Crippen LogP contribution in [0.3, 0.4) is 0 Å². The van der Waals surface area contributed by atoms with E-state index in [9.17, 15) is 34.8 Å². The molecule has 4 aliphatic rings. The highest BCUT2D eigenvalue weighted by atomic mass is 16.3. The fourth-order valence-electron chi connectivity index (χ4n) is 7.31. The number of hydrogen-bond donors (Lipinski definition) is 5. The second-order valence-corrected chi connectivity index (χ2v) is 12.0. The number of ketones is 2. The quantitative estimate of drug-likeness (QED) is 0.337. The molecule has 2 aromatic carbocycles. The van der Waals surface area contributed by atoms with Gasteiger partial charge in [0.05, 0.1) is 17.3 Å². The molecule has 1 saturated heterocycles. The number of aliphatic imine (C=N–C) groups is 1. The maximum absolute atomic E-state index is 14.0. The number of amidine groups is 1. The van der Waals surface area contributed by atoms with Crippen LogP contribution in [0.1, 0.15) is 30.4 Å². The number of aliphatic hydroxyl groups excluding tert-OH is 2. The molecule has 1 aliphatic heterocycles. The molecular weight excluding hydrogens is 552 g/mol.